The van der Waals surface area contributed by atoms with Crippen LogP contribution >= 0.6 is 11.6 Å². The number of ketones is 1. The SMILES string of the molecule is CCN(CC)c1ccc(N2C(=O)C(=O)/C(=C(/O)c3cccc(Cl)c3)C2c2ccc(OC)cc2)cc1. The molecule has 35 heavy (non-hydrogen) atoms. The van der Waals surface area contributed by atoms with Crippen molar-refractivity contribution in [2.45, 2.75) is 19.9 Å². The zero-order chi connectivity index (χ0) is 25.1. The number of aliphatic hydroxyl groups excluding tert-OH is 1. The number of amides is 1. The third kappa shape index (κ3) is 4.62. The Morgan fingerprint density at radius 1 is 1.00 bits per heavy atom. The number of anilines is 2. The lowest BCUT2D eigenvalue weighted by molar-refractivity contribution is -0.132. The molecule has 0 saturated carbocycles. The van der Waals surface area contributed by atoms with Gasteiger partial charge in [0.25, 0.3) is 11.7 Å². The highest BCUT2D eigenvalue weighted by atomic mass is 35.5. The van der Waals surface area contributed by atoms with Crippen LogP contribution in [0.1, 0.15) is 31.0 Å². The fourth-order valence-corrected chi connectivity index (χ4v) is 4.59. The fraction of sp³-hybridized carbons (Fsp3) is 0.214. The summed E-state index contributed by atoms with van der Waals surface area (Å²) in [5.74, 6) is -1.08. The van der Waals surface area contributed by atoms with Gasteiger partial charge in [0.15, 0.2) is 0 Å². The van der Waals surface area contributed by atoms with Crippen LogP contribution in [0.4, 0.5) is 11.4 Å². The lowest BCUT2D eigenvalue weighted by Gasteiger charge is -2.27. The van der Waals surface area contributed by atoms with Crippen LogP contribution in [0.3, 0.4) is 0 Å². The zero-order valence-corrected chi connectivity index (χ0v) is 20.6. The number of nitrogens with zero attached hydrogens (tertiary/aromatic N) is 2. The van der Waals surface area contributed by atoms with Gasteiger partial charge < -0.3 is 14.7 Å². The molecule has 0 bridgehead atoms. The number of benzene rings is 3. The molecule has 3 aromatic carbocycles. The van der Waals surface area contributed by atoms with Crippen LogP contribution in [0, 0.1) is 0 Å². The lowest BCUT2D eigenvalue weighted by atomic mass is 9.95. The number of ether oxygens (including phenoxy) is 1. The number of halogens is 1. The molecule has 1 saturated heterocycles. The predicted molar refractivity (Wildman–Crippen MR) is 139 cm³/mol. The van der Waals surface area contributed by atoms with E-state index in [1.807, 2.05) is 24.3 Å². The maximum absolute atomic E-state index is 13.3. The molecule has 1 amide bonds. The van der Waals surface area contributed by atoms with E-state index in [1.54, 1.807) is 55.6 Å². The number of hydrogen-bond donors (Lipinski definition) is 1. The maximum Gasteiger partial charge on any atom is 0.300 e. The number of rotatable bonds is 7. The average Bonchev–Trinajstić information content (AvgIpc) is 3.15. The Balaban J connectivity index is 1.87. The molecule has 6 nitrogen and oxygen atoms in total. The molecule has 7 heteroatoms. The van der Waals surface area contributed by atoms with E-state index in [0.29, 0.717) is 27.6 Å². The highest BCUT2D eigenvalue weighted by molar-refractivity contribution is 6.51. The zero-order valence-electron chi connectivity index (χ0n) is 19.9. The van der Waals surface area contributed by atoms with E-state index >= 15 is 0 Å². The number of Topliss-reactive ketones (excluding diaryl/α,β-unsaturated/α-hetero) is 1. The number of hydrogen-bond acceptors (Lipinski definition) is 5. The van der Waals surface area contributed by atoms with Crippen molar-refractivity contribution in [3.63, 3.8) is 0 Å². The minimum Gasteiger partial charge on any atom is -0.507 e. The quantitative estimate of drug-likeness (QED) is 0.257. The van der Waals surface area contributed by atoms with Crippen molar-refractivity contribution in [3.05, 3.63) is 94.5 Å². The molecule has 3 aromatic rings. The minimum atomic E-state index is -0.820. The number of carbonyl (C=O) groups excluding carboxylic acids is 2. The molecule has 1 N–H and O–H groups in total. The van der Waals surface area contributed by atoms with Crippen LogP contribution in [0.15, 0.2) is 78.4 Å². The molecular weight excluding hydrogens is 464 g/mol. The summed E-state index contributed by atoms with van der Waals surface area (Å²) in [5.41, 5.74) is 2.63. The summed E-state index contributed by atoms with van der Waals surface area (Å²) in [5, 5.41) is 11.6. The van der Waals surface area contributed by atoms with Gasteiger partial charge >= 0.3 is 0 Å². The molecule has 1 heterocycles. The molecule has 0 spiro atoms. The second-order valence-electron chi connectivity index (χ2n) is 8.14. The van der Waals surface area contributed by atoms with E-state index in [4.69, 9.17) is 16.3 Å². The topological polar surface area (TPSA) is 70.1 Å². The summed E-state index contributed by atoms with van der Waals surface area (Å²) in [4.78, 5) is 30.2. The summed E-state index contributed by atoms with van der Waals surface area (Å²) < 4.78 is 5.27. The van der Waals surface area contributed by atoms with Crippen LogP contribution in [0.2, 0.25) is 5.02 Å². The minimum absolute atomic E-state index is 0.00949. The molecule has 0 aromatic heterocycles. The predicted octanol–water partition coefficient (Wildman–Crippen LogP) is 5.82. The van der Waals surface area contributed by atoms with E-state index in [0.717, 1.165) is 18.8 Å². The van der Waals surface area contributed by atoms with Gasteiger partial charge in [-0.2, -0.15) is 0 Å². The summed E-state index contributed by atoms with van der Waals surface area (Å²) >= 11 is 6.12. The summed E-state index contributed by atoms with van der Waals surface area (Å²) in [6.07, 6.45) is 0. The standard InChI is InChI=1S/C28H27ClN2O4/c1-4-30(5-2)21-11-13-22(14-12-21)31-25(18-9-15-23(35-3)16-10-18)24(27(33)28(31)34)26(32)19-7-6-8-20(29)17-19/h6-17,25,32H,4-5H2,1-3H3/b26-24+. The molecule has 1 atom stereocenters. The molecule has 0 radical (unpaired) electrons. The molecule has 1 fully saturated rings. The van der Waals surface area contributed by atoms with Gasteiger partial charge in [-0.1, -0.05) is 35.9 Å². The van der Waals surface area contributed by atoms with Crippen LogP contribution in [0.25, 0.3) is 5.76 Å². The van der Waals surface area contributed by atoms with Gasteiger partial charge in [-0.15, -0.1) is 0 Å². The molecule has 1 aliphatic rings. The molecule has 0 aliphatic carbocycles. The van der Waals surface area contributed by atoms with Crippen molar-refractivity contribution in [2.75, 3.05) is 30.0 Å². The number of aliphatic hydroxyl groups is 1. The third-order valence-electron chi connectivity index (χ3n) is 6.23. The van der Waals surface area contributed by atoms with Gasteiger partial charge in [-0.25, -0.2) is 0 Å². The van der Waals surface area contributed by atoms with Crippen LogP contribution in [-0.4, -0.2) is 37.0 Å². The number of carbonyl (C=O) groups is 2. The second kappa shape index (κ2) is 10.2. The van der Waals surface area contributed by atoms with E-state index in [1.165, 1.54) is 4.90 Å². The smallest absolute Gasteiger partial charge is 0.300 e. The van der Waals surface area contributed by atoms with Crippen molar-refractivity contribution in [1.29, 1.82) is 0 Å². The average molecular weight is 491 g/mol. The molecule has 4 rings (SSSR count). The Labute approximate surface area is 210 Å². The Kier molecular flexibility index (Phi) is 7.12. The maximum atomic E-state index is 13.3. The molecule has 1 unspecified atom stereocenters. The molecular formula is C28H27ClN2O4. The van der Waals surface area contributed by atoms with Gasteiger partial charge in [-0.05, 0) is 67.9 Å². The van der Waals surface area contributed by atoms with Crippen molar-refractivity contribution < 1.29 is 19.4 Å². The first-order chi connectivity index (χ1) is 16.9. The fourth-order valence-electron chi connectivity index (χ4n) is 4.40. The Bertz CT molecular complexity index is 1260. The van der Waals surface area contributed by atoms with E-state index in [9.17, 15) is 14.7 Å². The second-order valence-corrected chi connectivity index (χ2v) is 8.58. The van der Waals surface area contributed by atoms with Crippen molar-refractivity contribution in [1.82, 2.24) is 0 Å². The van der Waals surface area contributed by atoms with Gasteiger partial charge in [0.1, 0.15) is 11.5 Å². The Morgan fingerprint density at radius 2 is 1.66 bits per heavy atom. The van der Waals surface area contributed by atoms with E-state index in [-0.39, 0.29) is 11.3 Å². The van der Waals surface area contributed by atoms with Gasteiger partial charge in [0, 0.05) is 35.1 Å². The molecule has 180 valence electrons. The summed E-state index contributed by atoms with van der Waals surface area (Å²) in [6.45, 7) is 5.86. The highest BCUT2D eigenvalue weighted by Gasteiger charge is 2.47. The highest BCUT2D eigenvalue weighted by Crippen LogP contribution is 2.43. The summed E-state index contributed by atoms with van der Waals surface area (Å²) in [6, 6.07) is 20.4. The Hall–Kier alpha value is -3.77. The lowest BCUT2D eigenvalue weighted by Crippen LogP contribution is -2.29. The monoisotopic (exact) mass is 490 g/mol. The van der Waals surface area contributed by atoms with Gasteiger partial charge in [0.05, 0.1) is 18.7 Å². The van der Waals surface area contributed by atoms with Crippen molar-refractivity contribution in [3.8, 4) is 5.75 Å². The third-order valence-corrected chi connectivity index (χ3v) is 6.47. The van der Waals surface area contributed by atoms with E-state index in [2.05, 4.69) is 18.7 Å². The number of methoxy groups -OCH3 is 1. The molecule has 1 aliphatic heterocycles. The first kappa shape index (κ1) is 24.4. The van der Waals surface area contributed by atoms with Gasteiger partial charge in [0.2, 0.25) is 0 Å². The Morgan fingerprint density at radius 3 is 2.23 bits per heavy atom. The van der Waals surface area contributed by atoms with Crippen LogP contribution in [-0.2, 0) is 9.59 Å². The normalized spacial score (nSPS) is 17.0. The van der Waals surface area contributed by atoms with Crippen LogP contribution in [0.5, 0.6) is 5.75 Å². The first-order valence-electron chi connectivity index (χ1n) is 11.5. The summed E-state index contributed by atoms with van der Waals surface area (Å²) in [7, 11) is 1.57. The van der Waals surface area contributed by atoms with Crippen molar-refractivity contribution >= 4 is 40.4 Å². The van der Waals surface area contributed by atoms with Crippen molar-refractivity contribution in [2.24, 2.45) is 0 Å². The largest absolute Gasteiger partial charge is 0.507 e. The first-order valence-corrected chi connectivity index (χ1v) is 11.8. The van der Waals surface area contributed by atoms with E-state index < -0.39 is 17.7 Å². The van der Waals surface area contributed by atoms with Gasteiger partial charge in [-0.3, -0.25) is 14.5 Å². The van der Waals surface area contributed by atoms with Crippen LogP contribution < -0.4 is 14.5 Å².